The maximum Gasteiger partial charge on any atom is 0.272 e. The average molecular weight is 528 g/mol. The number of carbonyl (C=O) groups excluding carboxylic acids is 1. The fourth-order valence-corrected chi connectivity index (χ4v) is 5.17. The number of unbranched alkanes of at least 4 members (excludes halogenated alkanes) is 1. The Labute approximate surface area is 217 Å². The summed E-state index contributed by atoms with van der Waals surface area (Å²) in [5, 5.41) is 5.17. The van der Waals surface area contributed by atoms with E-state index < -0.39 is 10.0 Å². The zero-order valence-electron chi connectivity index (χ0n) is 20.6. The highest BCUT2D eigenvalue weighted by atomic mass is 35.5. The van der Waals surface area contributed by atoms with Gasteiger partial charge in [0.15, 0.2) is 0 Å². The molecule has 3 aromatic rings. The SMILES string of the molecule is CCCCC1CN(Cc2ccc(/C=N/C)cc2)C(=O)c2cc(-c3ccc(Cl)cc3NS(C)(=O)=O)nn21. The highest BCUT2D eigenvalue weighted by Crippen LogP contribution is 2.34. The Morgan fingerprint density at radius 1 is 1.19 bits per heavy atom. The molecule has 1 N–H and O–H groups in total. The van der Waals surface area contributed by atoms with E-state index in [2.05, 4.69) is 16.6 Å². The molecule has 1 amide bonds. The van der Waals surface area contributed by atoms with Crippen molar-refractivity contribution in [2.75, 3.05) is 24.6 Å². The molecule has 1 unspecified atom stereocenters. The Morgan fingerprint density at radius 2 is 1.94 bits per heavy atom. The lowest BCUT2D eigenvalue weighted by Crippen LogP contribution is -2.42. The zero-order chi connectivity index (χ0) is 25.9. The summed E-state index contributed by atoms with van der Waals surface area (Å²) in [5.74, 6) is -0.104. The van der Waals surface area contributed by atoms with Crippen molar-refractivity contribution in [1.29, 1.82) is 0 Å². The summed E-state index contributed by atoms with van der Waals surface area (Å²) in [7, 11) is -1.80. The number of fused-ring (bicyclic) bond motifs is 1. The number of aliphatic imine (C=N–C) groups is 1. The fraction of sp³-hybridized carbons (Fsp3) is 0.346. The number of rotatable bonds is 9. The molecule has 1 aromatic heterocycles. The van der Waals surface area contributed by atoms with Crippen LogP contribution in [0.25, 0.3) is 11.3 Å². The maximum absolute atomic E-state index is 13.5. The van der Waals surface area contributed by atoms with E-state index in [0.717, 1.165) is 36.6 Å². The molecular formula is C26H30ClN5O3S. The van der Waals surface area contributed by atoms with Crippen molar-refractivity contribution in [1.82, 2.24) is 14.7 Å². The number of amides is 1. The van der Waals surface area contributed by atoms with Crippen LogP contribution < -0.4 is 4.72 Å². The fourth-order valence-electron chi connectivity index (χ4n) is 4.43. The third-order valence-corrected chi connectivity index (χ3v) is 6.92. The van der Waals surface area contributed by atoms with Crippen LogP contribution in [0.15, 0.2) is 53.5 Å². The highest BCUT2D eigenvalue weighted by Gasteiger charge is 2.33. The second-order valence-corrected chi connectivity index (χ2v) is 11.2. The van der Waals surface area contributed by atoms with Crippen LogP contribution in [0.4, 0.5) is 5.69 Å². The molecule has 4 rings (SSSR count). The predicted octanol–water partition coefficient (Wildman–Crippen LogP) is 5.01. The molecule has 190 valence electrons. The van der Waals surface area contributed by atoms with Crippen molar-refractivity contribution in [2.45, 2.75) is 38.8 Å². The van der Waals surface area contributed by atoms with Crippen molar-refractivity contribution in [3.8, 4) is 11.3 Å². The predicted molar refractivity (Wildman–Crippen MR) is 144 cm³/mol. The minimum absolute atomic E-state index is 0.0246. The van der Waals surface area contributed by atoms with Crippen LogP contribution in [-0.4, -0.2) is 55.1 Å². The number of sulfonamides is 1. The van der Waals surface area contributed by atoms with Crippen LogP contribution in [0, 0.1) is 0 Å². The van der Waals surface area contributed by atoms with E-state index in [4.69, 9.17) is 16.7 Å². The molecule has 1 atom stereocenters. The quantitative estimate of drug-likeness (QED) is 0.395. The van der Waals surface area contributed by atoms with Crippen molar-refractivity contribution in [3.05, 3.63) is 70.4 Å². The Hall–Kier alpha value is -3.17. The Bertz CT molecular complexity index is 1380. The summed E-state index contributed by atoms with van der Waals surface area (Å²) in [6.07, 6.45) is 5.80. The summed E-state index contributed by atoms with van der Waals surface area (Å²) < 4.78 is 28.2. The standard InChI is InChI=1S/C26H30ClN5O3S/c1-4-5-6-21-17-31(16-19-9-7-18(8-10-19)15-28-2)26(33)25-14-23(29-32(21)25)22-12-11-20(27)13-24(22)30-36(3,34)35/h7-15,21,30H,4-6,16-17H2,1-3H3/b28-15+. The van der Waals surface area contributed by atoms with E-state index in [1.54, 1.807) is 37.5 Å². The average Bonchev–Trinajstić information content (AvgIpc) is 3.26. The van der Waals surface area contributed by atoms with Crippen LogP contribution in [0.2, 0.25) is 5.02 Å². The van der Waals surface area contributed by atoms with Crippen LogP contribution in [0.5, 0.6) is 0 Å². The van der Waals surface area contributed by atoms with Crippen LogP contribution >= 0.6 is 11.6 Å². The van der Waals surface area contributed by atoms with Gasteiger partial charge in [-0.25, -0.2) is 8.42 Å². The smallest absolute Gasteiger partial charge is 0.272 e. The lowest BCUT2D eigenvalue weighted by molar-refractivity contribution is 0.0635. The normalized spacial score (nSPS) is 15.9. The van der Waals surface area contributed by atoms with Gasteiger partial charge in [-0.15, -0.1) is 0 Å². The number of halogens is 1. The number of nitrogens with zero attached hydrogens (tertiary/aromatic N) is 4. The molecule has 0 saturated heterocycles. The third kappa shape index (κ3) is 5.96. The second-order valence-electron chi connectivity index (χ2n) is 9.03. The van der Waals surface area contributed by atoms with Gasteiger partial charge < -0.3 is 4.90 Å². The first kappa shape index (κ1) is 25.9. The number of hydrogen-bond acceptors (Lipinski definition) is 5. The molecule has 0 bridgehead atoms. The number of anilines is 1. The van der Waals surface area contributed by atoms with E-state index in [1.807, 2.05) is 33.8 Å². The highest BCUT2D eigenvalue weighted by molar-refractivity contribution is 7.92. The summed E-state index contributed by atoms with van der Waals surface area (Å²) in [6.45, 7) is 3.19. The van der Waals surface area contributed by atoms with E-state index in [-0.39, 0.29) is 11.9 Å². The molecule has 2 heterocycles. The van der Waals surface area contributed by atoms with Gasteiger partial charge in [-0.1, -0.05) is 55.6 Å². The van der Waals surface area contributed by atoms with Gasteiger partial charge in [-0.05, 0) is 41.8 Å². The van der Waals surface area contributed by atoms with Crippen LogP contribution in [-0.2, 0) is 16.6 Å². The van der Waals surface area contributed by atoms with Gasteiger partial charge >= 0.3 is 0 Å². The van der Waals surface area contributed by atoms with Crippen LogP contribution in [0.3, 0.4) is 0 Å². The first-order chi connectivity index (χ1) is 17.2. The van der Waals surface area contributed by atoms with Gasteiger partial charge in [0.05, 0.1) is 23.7 Å². The molecule has 1 aliphatic rings. The Kier molecular flexibility index (Phi) is 7.80. The minimum Gasteiger partial charge on any atom is -0.331 e. The lowest BCUT2D eigenvalue weighted by atomic mass is 10.0. The van der Waals surface area contributed by atoms with Gasteiger partial charge in [0.1, 0.15) is 5.69 Å². The third-order valence-electron chi connectivity index (χ3n) is 6.09. The maximum atomic E-state index is 13.5. The molecule has 0 fully saturated rings. The summed E-state index contributed by atoms with van der Waals surface area (Å²) in [5.41, 5.74) is 3.95. The van der Waals surface area contributed by atoms with E-state index >= 15 is 0 Å². The molecule has 1 aliphatic heterocycles. The van der Waals surface area contributed by atoms with Gasteiger partial charge in [0.25, 0.3) is 5.91 Å². The first-order valence-electron chi connectivity index (χ1n) is 11.9. The van der Waals surface area contributed by atoms with Crippen molar-refractivity contribution in [2.24, 2.45) is 4.99 Å². The first-order valence-corrected chi connectivity index (χ1v) is 14.1. The molecule has 8 nitrogen and oxygen atoms in total. The molecular weight excluding hydrogens is 498 g/mol. The van der Waals surface area contributed by atoms with Crippen molar-refractivity contribution in [3.63, 3.8) is 0 Å². The minimum atomic E-state index is -3.54. The largest absolute Gasteiger partial charge is 0.331 e. The van der Waals surface area contributed by atoms with Gasteiger partial charge in [-0.2, -0.15) is 5.10 Å². The van der Waals surface area contributed by atoms with Crippen molar-refractivity contribution >= 4 is 39.4 Å². The lowest BCUT2D eigenvalue weighted by Gasteiger charge is -2.33. The number of carbonyl (C=O) groups is 1. The molecule has 0 saturated carbocycles. The summed E-state index contributed by atoms with van der Waals surface area (Å²) in [4.78, 5) is 19.4. The number of nitrogens with one attached hydrogen (secondary N) is 1. The Morgan fingerprint density at radius 3 is 2.61 bits per heavy atom. The molecule has 0 radical (unpaired) electrons. The van der Waals surface area contributed by atoms with Gasteiger partial charge in [0.2, 0.25) is 10.0 Å². The molecule has 0 aliphatic carbocycles. The topological polar surface area (TPSA) is 96.7 Å². The van der Waals surface area contributed by atoms with Gasteiger partial charge in [-0.3, -0.25) is 19.2 Å². The zero-order valence-corrected chi connectivity index (χ0v) is 22.2. The molecule has 0 spiro atoms. The molecule has 2 aromatic carbocycles. The monoisotopic (exact) mass is 527 g/mol. The second kappa shape index (κ2) is 10.8. The number of hydrogen-bond donors (Lipinski definition) is 1. The Balaban J connectivity index is 1.69. The number of aromatic nitrogens is 2. The van der Waals surface area contributed by atoms with Gasteiger partial charge in [0, 0.05) is 36.9 Å². The summed E-state index contributed by atoms with van der Waals surface area (Å²) in [6, 6.07) is 14.7. The van der Waals surface area contributed by atoms with E-state index in [0.29, 0.717) is 40.8 Å². The number of benzene rings is 2. The van der Waals surface area contributed by atoms with Crippen molar-refractivity contribution < 1.29 is 13.2 Å². The van der Waals surface area contributed by atoms with Crippen LogP contribution in [0.1, 0.15) is 53.8 Å². The van der Waals surface area contributed by atoms with E-state index in [9.17, 15) is 13.2 Å². The van der Waals surface area contributed by atoms with E-state index in [1.165, 1.54) is 0 Å². The summed E-state index contributed by atoms with van der Waals surface area (Å²) >= 11 is 6.13. The molecule has 36 heavy (non-hydrogen) atoms. The molecule has 10 heteroatoms.